The number of hydrogen-bond donors (Lipinski definition) is 1. The molecule has 0 fully saturated rings. The summed E-state index contributed by atoms with van der Waals surface area (Å²) in [5.41, 5.74) is 0. The molecule has 0 radical (unpaired) electrons. The van der Waals surface area contributed by atoms with E-state index in [1.165, 1.54) is 0 Å². The van der Waals surface area contributed by atoms with Crippen molar-refractivity contribution in [2.75, 3.05) is 0 Å². The monoisotopic (exact) mass is 250 g/mol. The molecule has 2 nitrogen and oxygen atoms in total. The molecule has 0 aromatic heterocycles. The average molecular weight is 250 g/mol. The molecule has 2 aromatic rings. The highest BCUT2D eigenvalue weighted by Crippen LogP contribution is 2.45. The number of hydrogen-bond acceptors (Lipinski definition) is 3. The first-order chi connectivity index (χ1) is 7.77. The summed E-state index contributed by atoms with van der Waals surface area (Å²) in [4.78, 5) is 0. The molecule has 0 aliphatic rings. The lowest BCUT2D eigenvalue weighted by molar-refractivity contribution is 0.535. The van der Waals surface area contributed by atoms with E-state index in [0.29, 0.717) is 10.6 Å². The lowest BCUT2D eigenvalue weighted by atomic mass is 10.4. The van der Waals surface area contributed by atoms with Gasteiger partial charge in [-0.05, 0) is 37.2 Å². The van der Waals surface area contributed by atoms with Gasteiger partial charge in [0.25, 0.3) is 7.37 Å². The SMILES string of the molecule is O=P(OS)(c1ccccc1)c1ccccc1. The van der Waals surface area contributed by atoms with Crippen molar-refractivity contribution in [3.8, 4) is 0 Å². The Kier molecular flexibility index (Phi) is 3.49. The first-order valence-electron chi connectivity index (χ1n) is 4.82. The minimum atomic E-state index is -3.04. The summed E-state index contributed by atoms with van der Waals surface area (Å²) in [7, 11) is -3.04. The largest absolute Gasteiger partial charge is 0.281 e. The van der Waals surface area contributed by atoms with Gasteiger partial charge in [0.15, 0.2) is 0 Å². The van der Waals surface area contributed by atoms with E-state index in [1.807, 2.05) is 36.4 Å². The summed E-state index contributed by atoms with van der Waals surface area (Å²) in [6.07, 6.45) is 0. The maximum atomic E-state index is 12.7. The summed E-state index contributed by atoms with van der Waals surface area (Å²) in [6, 6.07) is 18.2. The summed E-state index contributed by atoms with van der Waals surface area (Å²) in [5, 5.41) is 1.30. The average Bonchev–Trinajstić information content (AvgIpc) is 2.40. The molecule has 0 bridgehead atoms. The normalized spacial score (nSPS) is 11.3. The number of rotatable bonds is 3. The zero-order valence-corrected chi connectivity index (χ0v) is 10.3. The summed E-state index contributed by atoms with van der Waals surface area (Å²) in [5.74, 6) is 0. The Bertz CT molecular complexity index is 455. The second-order valence-corrected chi connectivity index (χ2v) is 6.09. The van der Waals surface area contributed by atoms with Crippen LogP contribution in [0.4, 0.5) is 0 Å². The number of benzene rings is 2. The number of thiol groups is 1. The van der Waals surface area contributed by atoms with Crippen LogP contribution in [0.1, 0.15) is 0 Å². The van der Waals surface area contributed by atoms with Gasteiger partial charge in [-0.15, -0.1) is 0 Å². The molecule has 0 amide bonds. The van der Waals surface area contributed by atoms with E-state index in [2.05, 4.69) is 12.9 Å². The lowest BCUT2D eigenvalue weighted by Gasteiger charge is -2.15. The Balaban J connectivity index is 2.54. The van der Waals surface area contributed by atoms with Crippen molar-refractivity contribution in [1.82, 2.24) is 0 Å². The maximum Gasteiger partial charge on any atom is 0.271 e. The van der Waals surface area contributed by atoms with Gasteiger partial charge in [-0.2, -0.15) is 0 Å². The molecule has 0 atom stereocenters. The smallest absolute Gasteiger partial charge is 0.271 e. The molecule has 0 spiro atoms. The third-order valence-corrected chi connectivity index (χ3v) is 5.18. The Morgan fingerprint density at radius 3 is 1.50 bits per heavy atom. The molecular formula is C12H11O2PS. The summed E-state index contributed by atoms with van der Waals surface area (Å²) < 4.78 is 17.6. The predicted octanol–water partition coefficient (Wildman–Crippen LogP) is 2.78. The van der Waals surface area contributed by atoms with Crippen molar-refractivity contribution in [1.29, 1.82) is 0 Å². The van der Waals surface area contributed by atoms with Crippen LogP contribution in [0.25, 0.3) is 0 Å². The van der Waals surface area contributed by atoms with Gasteiger partial charge >= 0.3 is 0 Å². The minimum absolute atomic E-state index is 0.649. The van der Waals surface area contributed by atoms with Crippen LogP contribution in [0, 0.1) is 0 Å². The zero-order chi connectivity index (χ0) is 11.4. The third-order valence-electron chi connectivity index (χ3n) is 2.31. The lowest BCUT2D eigenvalue weighted by Crippen LogP contribution is -2.15. The van der Waals surface area contributed by atoms with E-state index in [-0.39, 0.29) is 0 Å². The second kappa shape index (κ2) is 4.88. The Hall–Kier alpha value is -1.02. The van der Waals surface area contributed by atoms with Gasteiger partial charge in [0, 0.05) is 10.6 Å². The highest BCUT2D eigenvalue weighted by atomic mass is 32.1. The molecule has 0 heterocycles. The van der Waals surface area contributed by atoms with Gasteiger partial charge in [-0.3, -0.25) is 8.54 Å². The van der Waals surface area contributed by atoms with Crippen LogP contribution in [0.5, 0.6) is 0 Å². The topological polar surface area (TPSA) is 26.3 Å². The van der Waals surface area contributed by atoms with Crippen LogP contribution >= 0.6 is 20.3 Å². The van der Waals surface area contributed by atoms with Crippen LogP contribution in [-0.2, 0) is 8.54 Å². The van der Waals surface area contributed by atoms with Gasteiger partial charge in [-0.25, -0.2) is 0 Å². The van der Waals surface area contributed by atoms with Crippen LogP contribution in [0.3, 0.4) is 0 Å². The molecule has 0 saturated heterocycles. The molecule has 4 heteroatoms. The van der Waals surface area contributed by atoms with Crippen molar-refractivity contribution in [2.45, 2.75) is 0 Å². The molecular weight excluding hydrogens is 239 g/mol. The summed E-state index contributed by atoms with van der Waals surface area (Å²) >= 11 is 3.76. The van der Waals surface area contributed by atoms with Crippen molar-refractivity contribution < 1.29 is 8.54 Å². The first kappa shape index (κ1) is 11.5. The van der Waals surface area contributed by atoms with E-state index >= 15 is 0 Å². The molecule has 0 saturated carbocycles. The molecule has 0 aliphatic carbocycles. The van der Waals surface area contributed by atoms with E-state index in [1.54, 1.807) is 24.3 Å². The minimum Gasteiger partial charge on any atom is -0.281 e. The van der Waals surface area contributed by atoms with E-state index in [4.69, 9.17) is 3.97 Å². The molecule has 82 valence electrons. The third kappa shape index (κ3) is 2.07. The fourth-order valence-corrected chi connectivity index (χ4v) is 3.67. The molecule has 2 rings (SSSR count). The van der Waals surface area contributed by atoms with Crippen LogP contribution in [-0.4, -0.2) is 0 Å². The van der Waals surface area contributed by atoms with Crippen molar-refractivity contribution in [3.63, 3.8) is 0 Å². The van der Waals surface area contributed by atoms with Crippen molar-refractivity contribution in [2.24, 2.45) is 0 Å². The fraction of sp³-hybridized carbons (Fsp3) is 0. The van der Waals surface area contributed by atoms with E-state index in [0.717, 1.165) is 0 Å². The zero-order valence-electron chi connectivity index (χ0n) is 8.48. The summed E-state index contributed by atoms with van der Waals surface area (Å²) in [6.45, 7) is 0. The van der Waals surface area contributed by atoms with E-state index in [9.17, 15) is 4.57 Å². The molecule has 0 N–H and O–H groups in total. The van der Waals surface area contributed by atoms with Gasteiger partial charge in [-0.1, -0.05) is 36.4 Å². The fourth-order valence-electron chi connectivity index (χ4n) is 1.49. The Morgan fingerprint density at radius 2 is 1.19 bits per heavy atom. The highest BCUT2D eigenvalue weighted by molar-refractivity contribution is 7.87. The standard InChI is InChI=1S/C12H11O2PS/c13-15(14-16,11-7-3-1-4-8-11)12-9-5-2-6-10-12/h1-10,16H. The van der Waals surface area contributed by atoms with Crippen LogP contribution < -0.4 is 10.6 Å². The predicted molar refractivity (Wildman–Crippen MR) is 69.8 cm³/mol. The molecule has 0 unspecified atom stereocenters. The van der Waals surface area contributed by atoms with E-state index < -0.39 is 7.37 Å². The Labute approximate surface area is 100 Å². The van der Waals surface area contributed by atoms with Crippen molar-refractivity contribution >= 4 is 30.9 Å². The first-order valence-corrected chi connectivity index (χ1v) is 6.81. The molecule has 2 aromatic carbocycles. The van der Waals surface area contributed by atoms with Crippen LogP contribution in [0.2, 0.25) is 0 Å². The van der Waals surface area contributed by atoms with Gasteiger partial charge in [0.05, 0.1) is 0 Å². The molecule has 0 aliphatic heterocycles. The maximum absolute atomic E-state index is 12.7. The van der Waals surface area contributed by atoms with Gasteiger partial charge in [0.1, 0.15) is 0 Å². The Morgan fingerprint density at radius 1 is 0.812 bits per heavy atom. The second-order valence-electron chi connectivity index (χ2n) is 3.30. The highest BCUT2D eigenvalue weighted by Gasteiger charge is 2.27. The molecule has 16 heavy (non-hydrogen) atoms. The van der Waals surface area contributed by atoms with Gasteiger partial charge < -0.3 is 0 Å². The van der Waals surface area contributed by atoms with Crippen molar-refractivity contribution in [3.05, 3.63) is 60.7 Å². The quantitative estimate of drug-likeness (QED) is 0.515. The van der Waals surface area contributed by atoms with Gasteiger partial charge in [0.2, 0.25) is 0 Å². The van der Waals surface area contributed by atoms with Crippen LogP contribution in [0.15, 0.2) is 60.7 Å².